The third-order valence-electron chi connectivity index (χ3n) is 8.68. The van der Waals surface area contributed by atoms with Gasteiger partial charge in [-0.2, -0.15) is 0 Å². The highest BCUT2D eigenvalue weighted by Crippen LogP contribution is 2.35. The van der Waals surface area contributed by atoms with E-state index in [2.05, 4.69) is 25.6 Å². The first-order valence-electron chi connectivity index (χ1n) is 16.7. The lowest BCUT2D eigenvalue weighted by Crippen LogP contribution is -2.56. The minimum Gasteiger partial charge on any atom is -0.444 e. The summed E-state index contributed by atoms with van der Waals surface area (Å²) in [6.07, 6.45) is 6.44. The Morgan fingerprint density at radius 3 is 2.44 bits per heavy atom. The summed E-state index contributed by atoms with van der Waals surface area (Å²) < 4.78 is 5.38. The molecule has 1 saturated carbocycles. The number of hydrogen-bond acceptors (Lipinski definition) is 11. The number of alkyl carbamates (subject to hydrolysis) is 1. The highest BCUT2D eigenvalue weighted by atomic mass is 16.6. The molecule has 0 saturated heterocycles. The molecule has 1 fully saturated rings. The number of amides is 2. The Hall–Kier alpha value is -4.96. The van der Waals surface area contributed by atoms with Crippen LogP contribution in [0.1, 0.15) is 77.1 Å². The van der Waals surface area contributed by atoms with E-state index in [9.17, 15) is 40.0 Å². The Labute approximate surface area is 289 Å². The van der Waals surface area contributed by atoms with Gasteiger partial charge in [-0.25, -0.2) is 9.78 Å². The number of hydrogen-bond donors (Lipinski definition) is 5. The average Bonchev–Trinajstić information content (AvgIpc) is 3.59. The lowest BCUT2D eigenvalue weighted by Gasteiger charge is -2.33. The van der Waals surface area contributed by atoms with E-state index < -0.39 is 63.1 Å². The molecule has 0 spiro atoms. The number of H-pyrrole nitrogens is 1. The van der Waals surface area contributed by atoms with E-state index in [1.54, 1.807) is 32.9 Å². The number of imidazole rings is 1. The molecule has 270 valence electrons. The zero-order valence-corrected chi connectivity index (χ0v) is 28.4. The van der Waals surface area contributed by atoms with Crippen LogP contribution in [0, 0.1) is 26.1 Å². The molecule has 1 unspecified atom stereocenters. The van der Waals surface area contributed by atoms with Crippen molar-refractivity contribution in [2.24, 2.45) is 5.92 Å². The number of aliphatic hydroxyl groups excluding tert-OH is 2. The van der Waals surface area contributed by atoms with Gasteiger partial charge < -0.3 is 30.6 Å². The van der Waals surface area contributed by atoms with Crippen molar-refractivity contribution in [1.29, 1.82) is 0 Å². The van der Waals surface area contributed by atoms with Crippen molar-refractivity contribution in [3.8, 4) is 11.1 Å². The summed E-state index contributed by atoms with van der Waals surface area (Å²) in [5.74, 6) is -0.374. The number of rotatable bonds is 15. The van der Waals surface area contributed by atoms with Gasteiger partial charge in [0.05, 0.1) is 39.9 Å². The lowest BCUT2D eigenvalue weighted by molar-refractivity contribution is -0.393. The number of nitrogens with zero attached hydrogens (tertiary/aromatic N) is 4. The Morgan fingerprint density at radius 2 is 1.80 bits per heavy atom. The van der Waals surface area contributed by atoms with Crippen LogP contribution in [-0.2, 0) is 22.4 Å². The van der Waals surface area contributed by atoms with Gasteiger partial charge in [0.15, 0.2) is 0 Å². The van der Waals surface area contributed by atoms with Crippen molar-refractivity contribution in [3.63, 3.8) is 0 Å². The molecule has 4 rings (SSSR count). The molecule has 4 atom stereocenters. The fourth-order valence-electron chi connectivity index (χ4n) is 6.24. The third kappa shape index (κ3) is 10.8. The highest BCUT2D eigenvalue weighted by molar-refractivity contribution is 5.86. The van der Waals surface area contributed by atoms with Gasteiger partial charge in [-0.05, 0) is 58.1 Å². The Kier molecular flexibility index (Phi) is 13.0. The molecule has 5 N–H and O–H groups in total. The van der Waals surface area contributed by atoms with Crippen LogP contribution in [0.4, 0.5) is 16.2 Å². The minimum atomic E-state index is -1.41. The number of nitro groups is 2. The number of non-ortho nitro benzene ring substituents is 1. The first-order valence-corrected chi connectivity index (χ1v) is 16.7. The van der Waals surface area contributed by atoms with E-state index in [1.165, 1.54) is 30.9 Å². The molecular formula is C34H45N7O9. The molecule has 3 aromatic rings. The fraction of sp³-hybridized carbons (Fsp3) is 0.529. The molecule has 2 heterocycles. The summed E-state index contributed by atoms with van der Waals surface area (Å²) in [5, 5.41) is 51.4. The van der Waals surface area contributed by atoms with Crippen molar-refractivity contribution in [1.82, 2.24) is 25.6 Å². The summed E-state index contributed by atoms with van der Waals surface area (Å²) in [6.45, 7) is 5.11. The number of pyridine rings is 1. The molecule has 1 aromatic carbocycles. The Balaban J connectivity index is 1.53. The number of aromatic nitrogens is 3. The van der Waals surface area contributed by atoms with E-state index in [0.29, 0.717) is 23.4 Å². The van der Waals surface area contributed by atoms with E-state index >= 15 is 0 Å². The van der Waals surface area contributed by atoms with Crippen molar-refractivity contribution < 1.29 is 34.4 Å². The minimum absolute atomic E-state index is 0.0171. The molecule has 16 nitrogen and oxygen atoms in total. The van der Waals surface area contributed by atoms with E-state index in [-0.39, 0.29) is 30.7 Å². The van der Waals surface area contributed by atoms with Crippen molar-refractivity contribution in [2.45, 2.75) is 108 Å². The van der Waals surface area contributed by atoms with Gasteiger partial charge in [0, 0.05) is 41.8 Å². The molecule has 16 heteroatoms. The zero-order chi connectivity index (χ0) is 36.4. The second-order valence-electron chi connectivity index (χ2n) is 13.6. The normalized spacial score (nSPS) is 16.1. The predicted molar refractivity (Wildman–Crippen MR) is 182 cm³/mol. The zero-order valence-electron chi connectivity index (χ0n) is 28.4. The number of aryl methyl sites for hydroxylation is 1. The summed E-state index contributed by atoms with van der Waals surface area (Å²) >= 11 is 0. The molecule has 2 amide bonds. The summed E-state index contributed by atoms with van der Waals surface area (Å²) in [7, 11) is 0. The van der Waals surface area contributed by atoms with Crippen LogP contribution < -0.4 is 10.6 Å². The molecule has 50 heavy (non-hydrogen) atoms. The van der Waals surface area contributed by atoms with Crippen molar-refractivity contribution >= 4 is 23.4 Å². The van der Waals surface area contributed by atoms with Crippen LogP contribution in [0.3, 0.4) is 0 Å². The van der Waals surface area contributed by atoms with Gasteiger partial charge in [-0.15, -0.1) is 0 Å². The number of nitrogens with one attached hydrogen (secondary N) is 3. The monoisotopic (exact) mass is 695 g/mol. The van der Waals surface area contributed by atoms with Crippen LogP contribution in [0.15, 0.2) is 49.1 Å². The molecule has 0 aliphatic heterocycles. The summed E-state index contributed by atoms with van der Waals surface area (Å²) in [4.78, 5) is 59.4. The number of nitro benzene ring substituents is 2. The standard InChI is InChI=1S/C34H45N7O9/c1-34(2,3)50-33(45)39-28(17-22-19-35-20-37-22)32(44)38-27(16-21-8-5-4-6-9-21)31(43)30(42)14-13-26-24(10-7-15-36-26)25-12-11-23(40(46)47)18-29(25)41(48)49/h7,10-12,15,18-21,27-28,30-31,42-43H,4-6,8-9,13-14,16-17H2,1-3H3,(H,35,37)(H,38,44)(H,39,45)/t27-,28?,30-,31+/m0/s1. The number of aliphatic hydroxyl groups is 2. The number of carbonyl (C=O) groups is 2. The van der Waals surface area contributed by atoms with Crippen LogP contribution >= 0.6 is 0 Å². The average molecular weight is 696 g/mol. The van der Waals surface area contributed by atoms with Gasteiger partial charge in [0.1, 0.15) is 17.7 Å². The van der Waals surface area contributed by atoms with Crippen LogP contribution in [0.2, 0.25) is 0 Å². The summed E-state index contributed by atoms with van der Waals surface area (Å²) in [5.41, 5.74) is -0.244. The van der Waals surface area contributed by atoms with Gasteiger partial charge in [0.2, 0.25) is 5.91 Å². The molecule has 1 aliphatic carbocycles. The van der Waals surface area contributed by atoms with Crippen molar-refractivity contribution in [3.05, 3.63) is 80.7 Å². The van der Waals surface area contributed by atoms with Crippen molar-refractivity contribution in [2.75, 3.05) is 0 Å². The number of ether oxygens (including phenoxy) is 1. The second-order valence-corrected chi connectivity index (χ2v) is 13.6. The molecule has 0 radical (unpaired) electrons. The first-order chi connectivity index (χ1) is 23.7. The maximum atomic E-state index is 13.8. The molecule has 1 aliphatic rings. The number of aromatic amines is 1. The number of carbonyl (C=O) groups excluding carboxylic acids is 2. The second kappa shape index (κ2) is 17.1. The van der Waals surface area contributed by atoms with Crippen LogP contribution in [0.25, 0.3) is 11.1 Å². The van der Waals surface area contributed by atoms with E-state index in [0.717, 1.165) is 38.2 Å². The molecule has 0 bridgehead atoms. The van der Waals surface area contributed by atoms with Gasteiger partial charge in [0.25, 0.3) is 11.4 Å². The Morgan fingerprint density at radius 1 is 1.06 bits per heavy atom. The summed E-state index contributed by atoms with van der Waals surface area (Å²) in [6, 6.07) is 4.58. The SMILES string of the molecule is CC(C)(C)OC(=O)NC(Cc1cnc[nH]1)C(=O)N[C@@H](CC1CCCCC1)[C@@H](O)[C@@H](O)CCc1ncccc1-c1ccc([N+](=O)[O-])cc1[N+](=O)[O-]. The van der Waals surface area contributed by atoms with Gasteiger partial charge in [-0.3, -0.25) is 30.0 Å². The number of benzene rings is 1. The van der Waals surface area contributed by atoms with E-state index in [1.807, 2.05) is 0 Å². The lowest BCUT2D eigenvalue weighted by atomic mass is 9.82. The topological polar surface area (TPSA) is 236 Å². The maximum absolute atomic E-state index is 13.8. The molecule has 2 aromatic heterocycles. The predicted octanol–water partition coefficient (Wildman–Crippen LogP) is 4.53. The largest absolute Gasteiger partial charge is 0.444 e. The van der Waals surface area contributed by atoms with Gasteiger partial charge in [-0.1, -0.05) is 38.2 Å². The quantitative estimate of drug-likeness (QED) is 0.109. The highest BCUT2D eigenvalue weighted by Gasteiger charge is 2.34. The van der Waals surface area contributed by atoms with Gasteiger partial charge >= 0.3 is 6.09 Å². The Bertz CT molecular complexity index is 1620. The van der Waals surface area contributed by atoms with E-state index in [4.69, 9.17) is 4.74 Å². The molecular weight excluding hydrogens is 650 g/mol. The maximum Gasteiger partial charge on any atom is 0.408 e. The van der Waals surface area contributed by atoms with Crippen LogP contribution in [-0.4, -0.2) is 76.9 Å². The first kappa shape index (κ1) is 37.9. The smallest absolute Gasteiger partial charge is 0.408 e. The third-order valence-corrected chi connectivity index (χ3v) is 8.68. The fourth-order valence-corrected chi connectivity index (χ4v) is 6.24. The van der Waals surface area contributed by atoms with Crippen LogP contribution in [0.5, 0.6) is 0 Å².